The number of nitrogen functional groups attached to an aromatic ring is 1. The summed E-state index contributed by atoms with van der Waals surface area (Å²) in [6.07, 6.45) is 3.08. The molecule has 1 aromatic carbocycles. The van der Waals surface area contributed by atoms with E-state index in [0.717, 1.165) is 0 Å². The third-order valence-corrected chi connectivity index (χ3v) is 4.37. The molecule has 2 rings (SSSR count). The highest BCUT2D eigenvalue weighted by Crippen LogP contribution is 2.24. The Hall–Kier alpha value is -1.73. The minimum absolute atomic E-state index is 0.0500. The summed E-state index contributed by atoms with van der Waals surface area (Å²) in [7, 11) is -3.71. The summed E-state index contributed by atoms with van der Waals surface area (Å²) in [6, 6.07) is 4.32. The van der Waals surface area contributed by atoms with E-state index >= 15 is 0 Å². The van der Waals surface area contributed by atoms with Gasteiger partial charge in [0.25, 0.3) is 10.0 Å². The number of anilines is 2. The molecule has 0 spiro atoms. The molecule has 108 valence electrons. The van der Waals surface area contributed by atoms with Crippen molar-refractivity contribution in [3.05, 3.63) is 35.6 Å². The first-order valence-electron chi connectivity index (χ1n) is 5.91. The molecule has 1 heterocycles. The highest BCUT2D eigenvalue weighted by atomic mass is 35.5. The van der Waals surface area contributed by atoms with Gasteiger partial charge in [0, 0.05) is 12.2 Å². The van der Waals surface area contributed by atoms with E-state index in [0.29, 0.717) is 11.4 Å². The number of halogens is 1. The molecule has 0 fully saturated rings. The Morgan fingerprint density at radius 3 is 2.65 bits per heavy atom. The molecule has 3 N–H and O–H groups in total. The SMILES string of the molecule is CC(C)n1cc(NS(=O)(=O)c2ccc(N)c(Cl)c2)cn1. The average molecular weight is 315 g/mol. The van der Waals surface area contributed by atoms with Crippen LogP contribution in [0.15, 0.2) is 35.5 Å². The smallest absolute Gasteiger partial charge is 0.262 e. The molecule has 0 bridgehead atoms. The molecule has 0 radical (unpaired) electrons. The van der Waals surface area contributed by atoms with Gasteiger partial charge in [0.1, 0.15) is 0 Å². The second-order valence-electron chi connectivity index (χ2n) is 4.59. The summed E-state index contributed by atoms with van der Waals surface area (Å²) in [5.41, 5.74) is 6.29. The number of sulfonamides is 1. The van der Waals surface area contributed by atoms with Crippen molar-refractivity contribution in [2.45, 2.75) is 24.8 Å². The van der Waals surface area contributed by atoms with E-state index in [1.807, 2.05) is 13.8 Å². The van der Waals surface area contributed by atoms with Crippen LogP contribution in [0.3, 0.4) is 0 Å². The molecule has 0 amide bonds. The van der Waals surface area contributed by atoms with Crippen LogP contribution in [0.25, 0.3) is 0 Å². The predicted molar refractivity (Wildman–Crippen MR) is 79.3 cm³/mol. The third-order valence-electron chi connectivity index (χ3n) is 2.67. The van der Waals surface area contributed by atoms with E-state index < -0.39 is 10.0 Å². The summed E-state index contributed by atoms with van der Waals surface area (Å²) >= 11 is 5.83. The number of nitrogens with two attached hydrogens (primary N) is 1. The van der Waals surface area contributed by atoms with Crippen LogP contribution >= 0.6 is 11.6 Å². The van der Waals surface area contributed by atoms with E-state index in [1.165, 1.54) is 24.4 Å². The molecule has 0 aliphatic carbocycles. The van der Waals surface area contributed by atoms with Gasteiger partial charge >= 0.3 is 0 Å². The van der Waals surface area contributed by atoms with Crippen LogP contribution in [0.2, 0.25) is 5.02 Å². The van der Waals surface area contributed by atoms with E-state index in [2.05, 4.69) is 9.82 Å². The van der Waals surface area contributed by atoms with Gasteiger partial charge in [-0.25, -0.2) is 8.42 Å². The van der Waals surface area contributed by atoms with Crippen molar-refractivity contribution in [2.75, 3.05) is 10.5 Å². The maximum absolute atomic E-state index is 12.2. The quantitative estimate of drug-likeness (QED) is 0.848. The van der Waals surface area contributed by atoms with Gasteiger partial charge in [-0.2, -0.15) is 5.10 Å². The monoisotopic (exact) mass is 314 g/mol. The molecule has 6 nitrogen and oxygen atoms in total. The van der Waals surface area contributed by atoms with E-state index in [1.54, 1.807) is 10.9 Å². The van der Waals surface area contributed by atoms with Crippen molar-refractivity contribution in [3.63, 3.8) is 0 Å². The van der Waals surface area contributed by atoms with Gasteiger partial charge in [-0.1, -0.05) is 11.6 Å². The highest BCUT2D eigenvalue weighted by Gasteiger charge is 2.16. The first kappa shape index (κ1) is 14.7. The second kappa shape index (κ2) is 5.34. The molecule has 0 aliphatic rings. The predicted octanol–water partition coefficient (Wildman–Crippen LogP) is 2.50. The van der Waals surface area contributed by atoms with Crippen molar-refractivity contribution >= 4 is 33.0 Å². The lowest BCUT2D eigenvalue weighted by molar-refractivity contribution is 0.532. The Balaban J connectivity index is 2.28. The molecule has 0 atom stereocenters. The fourth-order valence-corrected chi connectivity index (χ4v) is 2.86. The lowest BCUT2D eigenvalue weighted by atomic mass is 10.3. The molecular weight excluding hydrogens is 300 g/mol. The molecule has 8 heteroatoms. The summed E-state index contributed by atoms with van der Waals surface area (Å²) < 4.78 is 28.5. The summed E-state index contributed by atoms with van der Waals surface area (Å²) in [5, 5.41) is 4.27. The summed E-state index contributed by atoms with van der Waals surface area (Å²) in [6.45, 7) is 3.90. The van der Waals surface area contributed by atoms with Crippen LogP contribution in [-0.2, 0) is 10.0 Å². The van der Waals surface area contributed by atoms with Gasteiger partial charge < -0.3 is 5.73 Å². The Labute approximate surface area is 122 Å². The Morgan fingerprint density at radius 1 is 1.40 bits per heavy atom. The normalized spacial score (nSPS) is 11.8. The van der Waals surface area contributed by atoms with E-state index in [-0.39, 0.29) is 16.0 Å². The number of nitrogens with one attached hydrogen (secondary N) is 1. The number of nitrogens with zero attached hydrogens (tertiary/aromatic N) is 2. The molecule has 2 aromatic rings. The fourth-order valence-electron chi connectivity index (χ4n) is 1.56. The van der Waals surface area contributed by atoms with Gasteiger partial charge in [0.05, 0.1) is 27.5 Å². The minimum atomic E-state index is -3.71. The average Bonchev–Trinajstić information content (AvgIpc) is 2.80. The molecule has 0 aliphatic heterocycles. The maximum atomic E-state index is 12.2. The van der Waals surface area contributed by atoms with Crippen molar-refractivity contribution in [2.24, 2.45) is 0 Å². The van der Waals surface area contributed by atoms with Crippen LogP contribution in [-0.4, -0.2) is 18.2 Å². The van der Waals surface area contributed by atoms with Crippen molar-refractivity contribution in [1.82, 2.24) is 9.78 Å². The largest absolute Gasteiger partial charge is 0.398 e. The Kier molecular flexibility index (Phi) is 3.92. The van der Waals surface area contributed by atoms with Gasteiger partial charge in [-0.3, -0.25) is 9.40 Å². The number of rotatable bonds is 4. The zero-order valence-corrected chi connectivity index (χ0v) is 12.6. The second-order valence-corrected chi connectivity index (χ2v) is 6.68. The molecular formula is C12H15ClN4O2S. The van der Waals surface area contributed by atoms with Crippen molar-refractivity contribution < 1.29 is 8.42 Å². The summed E-state index contributed by atoms with van der Waals surface area (Å²) in [4.78, 5) is 0.0500. The molecule has 0 unspecified atom stereocenters. The van der Waals surface area contributed by atoms with Crippen LogP contribution < -0.4 is 10.5 Å². The number of benzene rings is 1. The van der Waals surface area contributed by atoms with Crippen molar-refractivity contribution in [1.29, 1.82) is 0 Å². The molecule has 20 heavy (non-hydrogen) atoms. The first-order valence-corrected chi connectivity index (χ1v) is 7.78. The van der Waals surface area contributed by atoms with E-state index in [4.69, 9.17) is 17.3 Å². The molecule has 0 saturated carbocycles. The number of hydrogen-bond acceptors (Lipinski definition) is 4. The Bertz CT molecular complexity index is 725. The third kappa shape index (κ3) is 3.05. The van der Waals surface area contributed by atoms with Crippen LogP contribution in [0.1, 0.15) is 19.9 Å². The zero-order valence-electron chi connectivity index (χ0n) is 11.0. The highest BCUT2D eigenvalue weighted by molar-refractivity contribution is 7.92. The van der Waals surface area contributed by atoms with Crippen LogP contribution in [0.4, 0.5) is 11.4 Å². The Morgan fingerprint density at radius 2 is 2.10 bits per heavy atom. The first-order chi connectivity index (χ1) is 9.29. The topological polar surface area (TPSA) is 90.0 Å². The summed E-state index contributed by atoms with van der Waals surface area (Å²) in [5.74, 6) is 0. The zero-order chi connectivity index (χ0) is 14.9. The van der Waals surface area contributed by atoms with Gasteiger partial charge in [0.15, 0.2) is 0 Å². The fraction of sp³-hybridized carbons (Fsp3) is 0.250. The lowest BCUT2D eigenvalue weighted by Gasteiger charge is -2.07. The number of hydrogen-bond donors (Lipinski definition) is 2. The maximum Gasteiger partial charge on any atom is 0.262 e. The molecule has 1 aromatic heterocycles. The van der Waals surface area contributed by atoms with E-state index in [9.17, 15) is 8.42 Å². The van der Waals surface area contributed by atoms with Crippen LogP contribution in [0.5, 0.6) is 0 Å². The van der Waals surface area contributed by atoms with Crippen molar-refractivity contribution in [3.8, 4) is 0 Å². The van der Waals surface area contributed by atoms with Gasteiger partial charge in [0.2, 0.25) is 0 Å². The van der Waals surface area contributed by atoms with Gasteiger partial charge in [-0.05, 0) is 32.0 Å². The lowest BCUT2D eigenvalue weighted by Crippen LogP contribution is -2.12. The van der Waals surface area contributed by atoms with Gasteiger partial charge in [-0.15, -0.1) is 0 Å². The standard InChI is InChI=1S/C12H15ClN4O2S/c1-8(2)17-7-9(6-15-17)16-20(18,19)10-3-4-12(14)11(13)5-10/h3-8,16H,14H2,1-2H3. The van der Waals surface area contributed by atoms with Crippen LogP contribution in [0, 0.1) is 0 Å². The minimum Gasteiger partial charge on any atom is -0.398 e. The number of aromatic nitrogens is 2. The molecule has 0 saturated heterocycles.